The van der Waals surface area contributed by atoms with Gasteiger partial charge >= 0.3 is 0 Å². The van der Waals surface area contributed by atoms with Crippen molar-refractivity contribution in [1.82, 2.24) is 15.1 Å². The van der Waals surface area contributed by atoms with E-state index in [1.54, 1.807) is 11.8 Å². The molecule has 7 heteroatoms. The minimum atomic E-state index is -0.686. The number of hydrogen-bond acceptors (Lipinski definition) is 5. The summed E-state index contributed by atoms with van der Waals surface area (Å²) in [6, 6.07) is 10.0. The van der Waals surface area contributed by atoms with Crippen LogP contribution >= 0.6 is 11.8 Å². The number of piperidine rings is 1. The number of carbonyl (C=O) groups excluding carboxylic acids is 3. The topological polar surface area (TPSA) is 69.7 Å². The average Bonchev–Trinajstić information content (AvgIpc) is 3.10. The molecule has 1 aromatic rings. The van der Waals surface area contributed by atoms with Crippen LogP contribution in [-0.2, 0) is 20.9 Å². The number of hydrogen-bond donors (Lipinski definition) is 1. The molecule has 1 N–H and O–H groups in total. The van der Waals surface area contributed by atoms with E-state index in [2.05, 4.69) is 34.5 Å². The van der Waals surface area contributed by atoms with E-state index in [1.807, 2.05) is 12.3 Å². The van der Waals surface area contributed by atoms with Crippen LogP contribution in [0.15, 0.2) is 30.3 Å². The second-order valence-electron chi connectivity index (χ2n) is 9.69. The van der Waals surface area contributed by atoms with Crippen molar-refractivity contribution in [1.29, 1.82) is 0 Å². The molecule has 1 aromatic carbocycles. The molecule has 2 saturated heterocycles. The van der Waals surface area contributed by atoms with Crippen LogP contribution in [0.3, 0.4) is 0 Å². The second kappa shape index (κ2) is 11.5. The third kappa shape index (κ3) is 5.62. The number of nitrogens with zero attached hydrogens (tertiary/aromatic N) is 2. The molecule has 4 rings (SSSR count). The third-order valence-electron chi connectivity index (χ3n) is 7.57. The maximum atomic E-state index is 13.4. The third-order valence-corrected chi connectivity index (χ3v) is 8.22. The molecule has 33 heavy (non-hydrogen) atoms. The van der Waals surface area contributed by atoms with E-state index in [0.717, 1.165) is 57.4 Å². The summed E-state index contributed by atoms with van der Waals surface area (Å²) in [7, 11) is 0. The summed E-state index contributed by atoms with van der Waals surface area (Å²) >= 11 is 1.64. The molecule has 0 aromatic heterocycles. The molecule has 0 spiro atoms. The zero-order valence-electron chi connectivity index (χ0n) is 19.7. The van der Waals surface area contributed by atoms with Crippen molar-refractivity contribution in [2.24, 2.45) is 11.8 Å². The Morgan fingerprint density at radius 1 is 1.03 bits per heavy atom. The SMILES string of the molecule is CSCCC(C(=O)NCC1CCCCN1Cc1ccccc1)N1C(=O)C2CCCCC2C1=O. The molecule has 1 saturated carbocycles. The van der Waals surface area contributed by atoms with Gasteiger partial charge in [0.05, 0.1) is 11.8 Å². The fourth-order valence-electron chi connectivity index (χ4n) is 5.76. The van der Waals surface area contributed by atoms with Gasteiger partial charge in [-0.25, -0.2) is 0 Å². The summed E-state index contributed by atoms with van der Waals surface area (Å²) in [6.45, 7) is 2.46. The van der Waals surface area contributed by atoms with Crippen LogP contribution < -0.4 is 5.32 Å². The van der Waals surface area contributed by atoms with E-state index in [-0.39, 0.29) is 35.6 Å². The molecular formula is C26H37N3O3S. The predicted octanol–water partition coefficient (Wildman–Crippen LogP) is 3.45. The number of imide groups is 1. The summed E-state index contributed by atoms with van der Waals surface area (Å²) in [6.07, 6.45) is 9.44. The summed E-state index contributed by atoms with van der Waals surface area (Å²) in [4.78, 5) is 43.4. The number of carbonyl (C=O) groups is 3. The molecule has 6 nitrogen and oxygen atoms in total. The molecule has 3 aliphatic rings. The standard InChI is InChI=1S/C26H37N3O3S/c1-33-16-14-23(29-25(31)21-12-5-6-13-22(21)26(29)32)24(30)27-17-20-11-7-8-15-28(20)18-19-9-3-2-4-10-19/h2-4,9-10,20-23H,5-8,11-18H2,1H3,(H,27,30). The van der Waals surface area contributed by atoms with Crippen LogP contribution in [0.5, 0.6) is 0 Å². The summed E-state index contributed by atoms with van der Waals surface area (Å²) < 4.78 is 0. The van der Waals surface area contributed by atoms with E-state index in [9.17, 15) is 14.4 Å². The summed E-state index contributed by atoms with van der Waals surface area (Å²) in [5.74, 6) is -0.0852. The molecular weight excluding hydrogens is 434 g/mol. The quantitative estimate of drug-likeness (QED) is 0.559. The molecule has 180 valence electrons. The number of nitrogens with one attached hydrogen (secondary N) is 1. The zero-order valence-corrected chi connectivity index (χ0v) is 20.5. The first-order valence-corrected chi connectivity index (χ1v) is 13.9. The number of thioether (sulfide) groups is 1. The fraction of sp³-hybridized carbons (Fsp3) is 0.654. The van der Waals surface area contributed by atoms with E-state index in [1.165, 1.54) is 16.9 Å². The Kier molecular flexibility index (Phi) is 8.47. The normalized spacial score (nSPS) is 26.8. The maximum absolute atomic E-state index is 13.4. The van der Waals surface area contributed by atoms with Crippen molar-refractivity contribution in [2.45, 2.75) is 70.0 Å². The molecule has 0 radical (unpaired) electrons. The van der Waals surface area contributed by atoms with Gasteiger partial charge in [-0.3, -0.25) is 24.2 Å². The molecule has 2 heterocycles. The fourth-order valence-corrected chi connectivity index (χ4v) is 6.21. The summed E-state index contributed by atoms with van der Waals surface area (Å²) in [5.41, 5.74) is 1.28. The van der Waals surface area contributed by atoms with Crippen LogP contribution in [0.1, 0.15) is 56.9 Å². The molecule has 3 amide bonds. The van der Waals surface area contributed by atoms with Gasteiger partial charge < -0.3 is 5.32 Å². The number of amides is 3. The first-order chi connectivity index (χ1) is 16.1. The largest absolute Gasteiger partial charge is 0.353 e. The number of rotatable bonds is 9. The number of fused-ring (bicyclic) bond motifs is 1. The number of benzene rings is 1. The van der Waals surface area contributed by atoms with Crippen molar-refractivity contribution < 1.29 is 14.4 Å². The monoisotopic (exact) mass is 471 g/mol. The van der Waals surface area contributed by atoms with Crippen LogP contribution in [-0.4, -0.2) is 64.7 Å². The van der Waals surface area contributed by atoms with Crippen molar-refractivity contribution in [3.8, 4) is 0 Å². The van der Waals surface area contributed by atoms with Crippen molar-refractivity contribution in [3.63, 3.8) is 0 Å². The van der Waals surface area contributed by atoms with E-state index < -0.39 is 6.04 Å². The van der Waals surface area contributed by atoms with Crippen LogP contribution in [0.4, 0.5) is 0 Å². The Morgan fingerprint density at radius 3 is 2.36 bits per heavy atom. The van der Waals surface area contributed by atoms with Crippen LogP contribution in [0.2, 0.25) is 0 Å². The molecule has 4 unspecified atom stereocenters. The lowest BCUT2D eigenvalue weighted by Gasteiger charge is -2.36. The molecule has 2 aliphatic heterocycles. The molecule has 3 fully saturated rings. The lowest BCUT2D eigenvalue weighted by atomic mass is 9.81. The van der Waals surface area contributed by atoms with Gasteiger partial charge in [-0.15, -0.1) is 0 Å². The molecule has 1 aliphatic carbocycles. The minimum Gasteiger partial charge on any atom is -0.353 e. The molecule has 4 atom stereocenters. The highest BCUT2D eigenvalue weighted by molar-refractivity contribution is 7.98. The predicted molar refractivity (Wildman–Crippen MR) is 132 cm³/mol. The van der Waals surface area contributed by atoms with E-state index in [4.69, 9.17) is 0 Å². The first-order valence-electron chi connectivity index (χ1n) is 12.5. The first kappa shape index (κ1) is 24.3. The Bertz CT molecular complexity index is 809. The lowest BCUT2D eigenvalue weighted by Crippen LogP contribution is -2.53. The highest BCUT2D eigenvalue weighted by atomic mass is 32.2. The van der Waals surface area contributed by atoms with E-state index in [0.29, 0.717) is 13.0 Å². The Morgan fingerprint density at radius 2 is 1.70 bits per heavy atom. The lowest BCUT2D eigenvalue weighted by molar-refractivity contribution is -0.148. The molecule has 0 bridgehead atoms. The Hall–Kier alpha value is -1.86. The van der Waals surface area contributed by atoms with Gasteiger partial charge in [0.15, 0.2) is 0 Å². The summed E-state index contributed by atoms with van der Waals surface area (Å²) in [5, 5.41) is 3.14. The zero-order chi connectivity index (χ0) is 23.2. The van der Waals surface area contributed by atoms with Gasteiger partial charge in [-0.05, 0) is 56.2 Å². The highest BCUT2D eigenvalue weighted by Gasteiger charge is 2.51. The Balaban J connectivity index is 1.41. The minimum absolute atomic E-state index is 0.116. The van der Waals surface area contributed by atoms with Gasteiger partial charge in [-0.2, -0.15) is 11.8 Å². The van der Waals surface area contributed by atoms with Gasteiger partial charge in [0, 0.05) is 19.1 Å². The van der Waals surface area contributed by atoms with Crippen LogP contribution in [0, 0.1) is 11.8 Å². The van der Waals surface area contributed by atoms with Crippen LogP contribution in [0.25, 0.3) is 0 Å². The Labute approximate surface area is 201 Å². The van der Waals surface area contributed by atoms with Gasteiger partial charge in [0.2, 0.25) is 17.7 Å². The van der Waals surface area contributed by atoms with E-state index >= 15 is 0 Å². The van der Waals surface area contributed by atoms with Gasteiger partial charge in [-0.1, -0.05) is 49.6 Å². The van der Waals surface area contributed by atoms with Gasteiger partial charge in [0.25, 0.3) is 0 Å². The highest BCUT2D eigenvalue weighted by Crippen LogP contribution is 2.39. The van der Waals surface area contributed by atoms with Crippen molar-refractivity contribution >= 4 is 29.5 Å². The average molecular weight is 472 g/mol. The van der Waals surface area contributed by atoms with Crippen molar-refractivity contribution in [2.75, 3.05) is 25.1 Å². The van der Waals surface area contributed by atoms with Gasteiger partial charge in [0.1, 0.15) is 6.04 Å². The smallest absolute Gasteiger partial charge is 0.243 e. The second-order valence-corrected chi connectivity index (χ2v) is 10.7. The maximum Gasteiger partial charge on any atom is 0.243 e. The number of likely N-dealkylation sites (tertiary alicyclic amines) is 2. The van der Waals surface area contributed by atoms with Crippen molar-refractivity contribution in [3.05, 3.63) is 35.9 Å².